The van der Waals surface area contributed by atoms with E-state index in [1.54, 1.807) is 10.4 Å². The van der Waals surface area contributed by atoms with Gasteiger partial charge in [-0.3, -0.25) is 0 Å². The average Bonchev–Trinajstić information content (AvgIpc) is 3.04. The second-order valence-corrected chi connectivity index (χ2v) is 6.15. The number of hydrogen-bond acceptors (Lipinski definition) is 3. The van der Waals surface area contributed by atoms with Crippen molar-refractivity contribution >= 4 is 10.0 Å². The zero-order valence-corrected chi connectivity index (χ0v) is 10.8. The van der Waals surface area contributed by atoms with E-state index < -0.39 is 10.0 Å². The molecule has 1 N–H and O–H groups in total. The standard InChI is InChI=1S/C11H22N2O2S/c1-3-9-13(11-6-7-11)16(14,15)10-5-8-12-4-2/h3,11-12H,1,4-10H2,2H3. The first-order valence-corrected chi connectivity index (χ1v) is 7.54. The van der Waals surface area contributed by atoms with Crippen LogP contribution in [0.1, 0.15) is 26.2 Å². The number of sulfonamides is 1. The van der Waals surface area contributed by atoms with E-state index in [9.17, 15) is 8.42 Å². The lowest BCUT2D eigenvalue weighted by Crippen LogP contribution is -2.35. The highest BCUT2D eigenvalue weighted by molar-refractivity contribution is 7.89. The lowest BCUT2D eigenvalue weighted by Gasteiger charge is -2.20. The quantitative estimate of drug-likeness (QED) is 0.487. The molecule has 0 aliphatic heterocycles. The third-order valence-electron chi connectivity index (χ3n) is 2.63. The predicted molar refractivity (Wildman–Crippen MR) is 66.9 cm³/mol. The fourth-order valence-corrected chi connectivity index (χ4v) is 3.39. The monoisotopic (exact) mass is 246 g/mol. The van der Waals surface area contributed by atoms with Gasteiger partial charge in [0.05, 0.1) is 5.75 Å². The van der Waals surface area contributed by atoms with E-state index in [0.717, 1.165) is 25.9 Å². The lowest BCUT2D eigenvalue weighted by molar-refractivity contribution is 0.434. The summed E-state index contributed by atoms with van der Waals surface area (Å²) in [5.74, 6) is 0.240. The third-order valence-corrected chi connectivity index (χ3v) is 4.59. The molecule has 0 saturated heterocycles. The molecule has 0 aromatic carbocycles. The van der Waals surface area contributed by atoms with Crippen molar-refractivity contribution in [3.63, 3.8) is 0 Å². The van der Waals surface area contributed by atoms with E-state index in [2.05, 4.69) is 11.9 Å². The lowest BCUT2D eigenvalue weighted by atomic mass is 10.5. The van der Waals surface area contributed by atoms with Gasteiger partial charge in [-0.25, -0.2) is 8.42 Å². The first-order chi connectivity index (χ1) is 7.61. The van der Waals surface area contributed by atoms with Crippen LogP contribution in [0.2, 0.25) is 0 Å². The Morgan fingerprint density at radius 2 is 2.19 bits per heavy atom. The molecule has 1 aliphatic carbocycles. The van der Waals surface area contributed by atoms with Crippen molar-refractivity contribution in [3.8, 4) is 0 Å². The molecule has 0 spiro atoms. The van der Waals surface area contributed by atoms with Crippen molar-refractivity contribution in [3.05, 3.63) is 12.7 Å². The molecule has 0 amide bonds. The van der Waals surface area contributed by atoms with Crippen molar-refractivity contribution in [1.29, 1.82) is 0 Å². The summed E-state index contributed by atoms with van der Waals surface area (Å²) in [7, 11) is -3.08. The Balaban J connectivity index is 2.42. The first kappa shape index (κ1) is 13.7. The maximum absolute atomic E-state index is 12.0. The number of nitrogens with one attached hydrogen (secondary N) is 1. The van der Waals surface area contributed by atoms with Gasteiger partial charge < -0.3 is 5.32 Å². The Morgan fingerprint density at radius 1 is 1.50 bits per heavy atom. The zero-order valence-electron chi connectivity index (χ0n) is 9.98. The summed E-state index contributed by atoms with van der Waals surface area (Å²) < 4.78 is 25.6. The molecule has 0 heterocycles. The van der Waals surface area contributed by atoms with Gasteiger partial charge in [-0.1, -0.05) is 13.0 Å². The van der Waals surface area contributed by atoms with Crippen LogP contribution >= 0.6 is 0 Å². The number of hydrogen-bond donors (Lipinski definition) is 1. The van der Waals surface area contributed by atoms with Gasteiger partial charge in [0.2, 0.25) is 10.0 Å². The van der Waals surface area contributed by atoms with Crippen molar-refractivity contribution in [2.45, 2.75) is 32.2 Å². The molecule has 16 heavy (non-hydrogen) atoms. The summed E-state index contributed by atoms with van der Waals surface area (Å²) in [6, 6.07) is 0.238. The van der Waals surface area contributed by atoms with E-state index in [-0.39, 0.29) is 11.8 Å². The Morgan fingerprint density at radius 3 is 2.69 bits per heavy atom. The molecule has 1 saturated carbocycles. The second-order valence-electron chi connectivity index (χ2n) is 4.11. The molecule has 94 valence electrons. The van der Waals surface area contributed by atoms with Crippen LogP contribution in [0.15, 0.2) is 12.7 Å². The zero-order chi connectivity index (χ0) is 12.0. The highest BCUT2D eigenvalue weighted by atomic mass is 32.2. The summed E-state index contributed by atoms with van der Waals surface area (Å²) in [5.41, 5.74) is 0. The molecule has 1 rings (SSSR count). The van der Waals surface area contributed by atoms with Crippen LogP contribution in [0.3, 0.4) is 0 Å². The Kier molecular flexibility index (Phi) is 5.44. The smallest absolute Gasteiger partial charge is 0.214 e. The highest BCUT2D eigenvalue weighted by Crippen LogP contribution is 2.29. The Hall–Kier alpha value is -0.390. The summed E-state index contributed by atoms with van der Waals surface area (Å²) >= 11 is 0. The van der Waals surface area contributed by atoms with Crippen LogP contribution < -0.4 is 5.32 Å². The fraction of sp³-hybridized carbons (Fsp3) is 0.818. The molecule has 0 unspecified atom stereocenters. The molecule has 5 heteroatoms. The second kappa shape index (κ2) is 6.37. The van der Waals surface area contributed by atoms with Gasteiger partial charge >= 0.3 is 0 Å². The van der Waals surface area contributed by atoms with Crippen molar-refractivity contribution in [1.82, 2.24) is 9.62 Å². The van der Waals surface area contributed by atoms with E-state index in [4.69, 9.17) is 0 Å². The van der Waals surface area contributed by atoms with E-state index >= 15 is 0 Å². The summed E-state index contributed by atoms with van der Waals surface area (Å²) in [6.07, 6.45) is 4.34. The average molecular weight is 246 g/mol. The molecule has 1 aliphatic rings. The summed E-state index contributed by atoms with van der Waals surface area (Å²) in [4.78, 5) is 0. The van der Waals surface area contributed by atoms with Crippen LogP contribution in [-0.4, -0.2) is 44.2 Å². The molecule has 0 atom stereocenters. The van der Waals surface area contributed by atoms with E-state index in [0.29, 0.717) is 13.0 Å². The maximum Gasteiger partial charge on any atom is 0.214 e. The van der Waals surface area contributed by atoms with Crippen LogP contribution in [-0.2, 0) is 10.0 Å². The molecule has 0 radical (unpaired) electrons. The van der Waals surface area contributed by atoms with Gasteiger partial charge in [0.15, 0.2) is 0 Å². The molecule has 0 bridgehead atoms. The van der Waals surface area contributed by atoms with Gasteiger partial charge in [-0.15, -0.1) is 6.58 Å². The van der Waals surface area contributed by atoms with E-state index in [1.807, 2.05) is 6.92 Å². The predicted octanol–water partition coefficient (Wildman–Crippen LogP) is 0.966. The molecule has 0 aromatic rings. The van der Waals surface area contributed by atoms with Gasteiger partial charge in [0.1, 0.15) is 0 Å². The molecule has 4 nitrogen and oxygen atoms in total. The summed E-state index contributed by atoms with van der Waals surface area (Å²) in [6.45, 7) is 7.74. The largest absolute Gasteiger partial charge is 0.317 e. The van der Waals surface area contributed by atoms with Crippen LogP contribution in [0.4, 0.5) is 0 Å². The van der Waals surface area contributed by atoms with Gasteiger partial charge in [0, 0.05) is 12.6 Å². The van der Waals surface area contributed by atoms with E-state index in [1.165, 1.54) is 0 Å². The number of nitrogens with zero attached hydrogens (tertiary/aromatic N) is 1. The fourth-order valence-electron chi connectivity index (χ4n) is 1.65. The molecule has 0 aromatic heterocycles. The Labute approximate surface area is 98.8 Å². The summed E-state index contributed by atoms with van der Waals surface area (Å²) in [5, 5.41) is 3.13. The van der Waals surface area contributed by atoms with Crippen molar-refractivity contribution in [2.75, 3.05) is 25.4 Å². The topological polar surface area (TPSA) is 49.4 Å². The van der Waals surface area contributed by atoms with Crippen molar-refractivity contribution < 1.29 is 8.42 Å². The highest BCUT2D eigenvalue weighted by Gasteiger charge is 2.35. The maximum atomic E-state index is 12.0. The minimum atomic E-state index is -3.08. The van der Waals surface area contributed by atoms with Gasteiger partial charge in [0.25, 0.3) is 0 Å². The third kappa shape index (κ3) is 4.23. The minimum absolute atomic E-state index is 0.238. The van der Waals surface area contributed by atoms with Gasteiger partial charge in [-0.2, -0.15) is 4.31 Å². The van der Waals surface area contributed by atoms with Gasteiger partial charge in [-0.05, 0) is 32.4 Å². The Bertz CT molecular complexity index is 310. The molecule has 1 fully saturated rings. The minimum Gasteiger partial charge on any atom is -0.317 e. The first-order valence-electron chi connectivity index (χ1n) is 5.93. The molecular formula is C11H22N2O2S. The normalized spacial score (nSPS) is 16.6. The number of rotatable bonds is 9. The van der Waals surface area contributed by atoms with Crippen LogP contribution in [0, 0.1) is 0 Å². The van der Waals surface area contributed by atoms with Crippen LogP contribution in [0.25, 0.3) is 0 Å². The molecular weight excluding hydrogens is 224 g/mol. The SMILES string of the molecule is C=CCN(C1CC1)S(=O)(=O)CCCNCC. The van der Waals surface area contributed by atoms with Crippen LogP contribution in [0.5, 0.6) is 0 Å². The van der Waals surface area contributed by atoms with Crippen molar-refractivity contribution in [2.24, 2.45) is 0 Å².